The number of ether oxygens (including phenoxy) is 2. The van der Waals surface area contributed by atoms with E-state index in [4.69, 9.17) is 9.47 Å². The van der Waals surface area contributed by atoms with Crippen LogP contribution < -0.4 is 15.4 Å². The van der Waals surface area contributed by atoms with Crippen LogP contribution in [0, 0.1) is 0 Å². The minimum Gasteiger partial charge on any atom is -0.494 e. The molecule has 0 aliphatic carbocycles. The predicted octanol–water partition coefficient (Wildman–Crippen LogP) is 1.08. The van der Waals surface area contributed by atoms with Crippen molar-refractivity contribution in [3.63, 3.8) is 0 Å². The number of nitrogens with one attached hydrogen (secondary N) is 2. The normalized spacial score (nSPS) is 22.3. The van der Waals surface area contributed by atoms with Crippen molar-refractivity contribution in [2.45, 2.75) is 32.5 Å². The molecule has 2 N–H and O–H groups in total. The summed E-state index contributed by atoms with van der Waals surface area (Å²) >= 11 is 0. The maximum atomic E-state index is 12.2. The molecule has 110 valence electrons. The molecule has 5 nitrogen and oxygen atoms in total. The highest BCUT2D eigenvalue weighted by atomic mass is 16.5. The molecule has 0 aromatic heterocycles. The molecule has 2 rings (SSSR count). The second kappa shape index (κ2) is 7.26. The molecule has 1 aromatic carbocycles. The molecule has 2 atom stereocenters. The van der Waals surface area contributed by atoms with Crippen LogP contribution in [0.4, 0.5) is 0 Å². The van der Waals surface area contributed by atoms with Crippen LogP contribution in [0.5, 0.6) is 5.75 Å². The fraction of sp³-hybridized carbons (Fsp3) is 0.533. The van der Waals surface area contributed by atoms with E-state index in [9.17, 15) is 4.79 Å². The van der Waals surface area contributed by atoms with Crippen LogP contribution in [-0.4, -0.2) is 37.8 Å². The Hall–Kier alpha value is -1.59. The first-order valence-electron chi connectivity index (χ1n) is 7.05. The lowest BCUT2D eigenvalue weighted by molar-refractivity contribution is -0.129. The van der Waals surface area contributed by atoms with E-state index < -0.39 is 0 Å². The van der Waals surface area contributed by atoms with Crippen LogP contribution in [0.2, 0.25) is 0 Å². The highest BCUT2D eigenvalue weighted by Gasteiger charge is 2.27. The zero-order valence-electron chi connectivity index (χ0n) is 12.0. The van der Waals surface area contributed by atoms with Crippen LogP contribution in [-0.2, 0) is 16.1 Å². The Balaban J connectivity index is 1.92. The summed E-state index contributed by atoms with van der Waals surface area (Å²) in [5.74, 6) is 0.778. The van der Waals surface area contributed by atoms with E-state index in [-0.39, 0.29) is 18.1 Å². The van der Waals surface area contributed by atoms with Gasteiger partial charge in [-0.15, -0.1) is 0 Å². The fourth-order valence-corrected chi connectivity index (χ4v) is 2.27. The molecule has 0 spiro atoms. The number of rotatable bonds is 5. The molecule has 0 saturated carbocycles. The standard InChI is InChI=1S/C15H22N2O3/c1-3-19-13-7-5-4-6-12(13)10-17-15(18)14-11(2)20-9-8-16-14/h4-7,11,14,16H,3,8-10H2,1-2H3,(H,17,18)/t11-,14+/m1/s1. The Morgan fingerprint density at radius 1 is 1.50 bits per heavy atom. The third-order valence-electron chi connectivity index (χ3n) is 3.32. The third kappa shape index (κ3) is 3.71. The van der Waals surface area contributed by atoms with Gasteiger partial charge in [0.15, 0.2) is 0 Å². The van der Waals surface area contributed by atoms with Crippen molar-refractivity contribution in [3.8, 4) is 5.75 Å². The Bertz CT molecular complexity index is 450. The summed E-state index contributed by atoms with van der Waals surface area (Å²) in [6, 6.07) is 7.45. The number of amides is 1. The monoisotopic (exact) mass is 278 g/mol. The quantitative estimate of drug-likeness (QED) is 0.846. The number of para-hydroxylation sites is 1. The minimum absolute atomic E-state index is 0.0384. The van der Waals surface area contributed by atoms with Gasteiger partial charge >= 0.3 is 0 Å². The molecule has 1 aliphatic rings. The molecule has 0 radical (unpaired) electrons. The third-order valence-corrected chi connectivity index (χ3v) is 3.32. The summed E-state index contributed by atoms with van der Waals surface area (Å²) in [6.07, 6.45) is -0.106. The minimum atomic E-state index is -0.289. The summed E-state index contributed by atoms with van der Waals surface area (Å²) < 4.78 is 11.0. The van der Waals surface area contributed by atoms with Crippen LogP contribution >= 0.6 is 0 Å². The second-order valence-electron chi connectivity index (χ2n) is 4.77. The van der Waals surface area contributed by atoms with Crippen molar-refractivity contribution in [1.29, 1.82) is 0 Å². The van der Waals surface area contributed by atoms with E-state index >= 15 is 0 Å². The van der Waals surface area contributed by atoms with Crippen molar-refractivity contribution < 1.29 is 14.3 Å². The van der Waals surface area contributed by atoms with Crippen molar-refractivity contribution in [2.75, 3.05) is 19.8 Å². The number of hydrogen-bond donors (Lipinski definition) is 2. The molecule has 1 aliphatic heterocycles. The Morgan fingerprint density at radius 3 is 3.05 bits per heavy atom. The first kappa shape index (κ1) is 14.8. The lowest BCUT2D eigenvalue weighted by Gasteiger charge is -2.29. The lowest BCUT2D eigenvalue weighted by atomic mass is 10.1. The van der Waals surface area contributed by atoms with Gasteiger partial charge in [0.1, 0.15) is 11.8 Å². The summed E-state index contributed by atoms with van der Waals surface area (Å²) in [7, 11) is 0. The van der Waals surface area contributed by atoms with Gasteiger partial charge in [0.05, 0.1) is 19.3 Å². The number of benzene rings is 1. The molecular formula is C15H22N2O3. The summed E-state index contributed by atoms with van der Waals surface area (Å²) in [5.41, 5.74) is 0.979. The van der Waals surface area contributed by atoms with Gasteiger partial charge in [-0.3, -0.25) is 4.79 Å². The molecule has 1 aromatic rings. The Labute approximate surface area is 119 Å². The molecule has 0 unspecified atom stereocenters. The smallest absolute Gasteiger partial charge is 0.240 e. The van der Waals surface area contributed by atoms with Gasteiger partial charge in [0.25, 0.3) is 0 Å². The molecule has 1 saturated heterocycles. The van der Waals surface area contributed by atoms with E-state index in [0.29, 0.717) is 26.3 Å². The average Bonchev–Trinajstić information content (AvgIpc) is 2.47. The SMILES string of the molecule is CCOc1ccccc1CNC(=O)[C@H]1NCCO[C@@H]1C. The Morgan fingerprint density at radius 2 is 2.30 bits per heavy atom. The molecule has 0 bridgehead atoms. The predicted molar refractivity (Wildman–Crippen MR) is 76.7 cm³/mol. The van der Waals surface area contributed by atoms with Crippen LogP contribution in [0.3, 0.4) is 0 Å². The maximum absolute atomic E-state index is 12.2. The summed E-state index contributed by atoms with van der Waals surface area (Å²) in [5, 5.41) is 6.11. The van der Waals surface area contributed by atoms with E-state index in [1.165, 1.54) is 0 Å². The molecule has 1 fully saturated rings. The molecule has 1 heterocycles. The lowest BCUT2D eigenvalue weighted by Crippen LogP contribution is -2.55. The van der Waals surface area contributed by atoms with Gasteiger partial charge in [-0.1, -0.05) is 18.2 Å². The highest BCUT2D eigenvalue weighted by Crippen LogP contribution is 2.17. The van der Waals surface area contributed by atoms with Gasteiger partial charge in [0, 0.05) is 18.7 Å². The van der Waals surface area contributed by atoms with E-state index in [2.05, 4.69) is 10.6 Å². The van der Waals surface area contributed by atoms with E-state index in [1.807, 2.05) is 38.1 Å². The largest absolute Gasteiger partial charge is 0.494 e. The molecule has 20 heavy (non-hydrogen) atoms. The second-order valence-corrected chi connectivity index (χ2v) is 4.77. The number of carbonyl (C=O) groups is 1. The Kier molecular flexibility index (Phi) is 5.38. The van der Waals surface area contributed by atoms with Crippen molar-refractivity contribution >= 4 is 5.91 Å². The van der Waals surface area contributed by atoms with Crippen molar-refractivity contribution in [3.05, 3.63) is 29.8 Å². The molecule has 1 amide bonds. The van der Waals surface area contributed by atoms with Crippen LogP contribution in [0.25, 0.3) is 0 Å². The van der Waals surface area contributed by atoms with Crippen molar-refractivity contribution in [1.82, 2.24) is 10.6 Å². The zero-order valence-corrected chi connectivity index (χ0v) is 12.0. The highest BCUT2D eigenvalue weighted by molar-refractivity contribution is 5.82. The average molecular weight is 278 g/mol. The van der Waals surface area contributed by atoms with Gasteiger partial charge in [-0.2, -0.15) is 0 Å². The number of carbonyl (C=O) groups excluding carboxylic acids is 1. The van der Waals surface area contributed by atoms with Crippen LogP contribution in [0.15, 0.2) is 24.3 Å². The topological polar surface area (TPSA) is 59.6 Å². The van der Waals surface area contributed by atoms with Gasteiger partial charge < -0.3 is 20.1 Å². The maximum Gasteiger partial charge on any atom is 0.240 e. The first-order chi connectivity index (χ1) is 9.72. The van der Waals surface area contributed by atoms with Gasteiger partial charge in [-0.25, -0.2) is 0 Å². The van der Waals surface area contributed by atoms with E-state index in [0.717, 1.165) is 11.3 Å². The molecule has 5 heteroatoms. The van der Waals surface area contributed by atoms with Gasteiger partial charge in [-0.05, 0) is 19.9 Å². The fourth-order valence-electron chi connectivity index (χ4n) is 2.27. The van der Waals surface area contributed by atoms with Crippen LogP contribution in [0.1, 0.15) is 19.4 Å². The number of morpholine rings is 1. The van der Waals surface area contributed by atoms with Crippen molar-refractivity contribution in [2.24, 2.45) is 0 Å². The molecular weight excluding hydrogens is 256 g/mol. The van der Waals surface area contributed by atoms with E-state index in [1.54, 1.807) is 0 Å². The number of hydrogen-bond acceptors (Lipinski definition) is 4. The van der Waals surface area contributed by atoms with Gasteiger partial charge in [0.2, 0.25) is 5.91 Å². The zero-order chi connectivity index (χ0) is 14.4. The summed E-state index contributed by atoms with van der Waals surface area (Å²) in [6.45, 7) is 6.28. The first-order valence-corrected chi connectivity index (χ1v) is 7.05. The summed E-state index contributed by atoms with van der Waals surface area (Å²) in [4.78, 5) is 12.2.